The summed E-state index contributed by atoms with van der Waals surface area (Å²) in [5.74, 6) is 1.48. The van der Waals surface area contributed by atoms with Gasteiger partial charge in [0.1, 0.15) is 27.1 Å². The molecule has 6 aliphatic rings. The molecule has 0 aromatic heterocycles. The predicted molar refractivity (Wildman–Crippen MR) is 298 cm³/mol. The van der Waals surface area contributed by atoms with Crippen LogP contribution in [0.3, 0.4) is 0 Å². The van der Waals surface area contributed by atoms with Gasteiger partial charge in [0.25, 0.3) is 0 Å². The van der Waals surface area contributed by atoms with Gasteiger partial charge in [0.05, 0.1) is 6.10 Å². The lowest BCUT2D eigenvalue weighted by atomic mass is 9.63. The molecule has 448 valence electrons. The van der Waals surface area contributed by atoms with E-state index in [1.165, 1.54) is 28.9 Å². The average molecular weight is 1150 g/mol. The molecule has 0 spiro atoms. The van der Waals surface area contributed by atoms with Crippen molar-refractivity contribution in [3.8, 4) is 0 Å². The minimum Gasteiger partial charge on any atom is -0.414 e. The van der Waals surface area contributed by atoms with E-state index in [9.17, 15) is 49.4 Å². The van der Waals surface area contributed by atoms with Crippen molar-refractivity contribution in [2.75, 3.05) is 21.3 Å². The Morgan fingerprint density at radius 1 is 0.620 bits per heavy atom. The molecule has 6 rings (SSSR count). The lowest BCUT2D eigenvalue weighted by molar-refractivity contribution is -0.128. The second kappa shape index (κ2) is 27.4. The third kappa shape index (κ3) is 16.8. The second-order valence-corrected chi connectivity index (χ2v) is 29.6. The zero-order chi connectivity index (χ0) is 59.6. The molecule has 6 aliphatic carbocycles. The van der Waals surface area contributed by atoms with Crippen LogP contribution in [0.4, 0.5) is 39.5 Å². The van der Waals surface area contributed by atoms with Crippen molar-refractivity contribution >= 4 is 31.2 Å². The summed E-state index contributed by atoms with van der Waals surface area (Å²) in [4.78, 5) is 25.0. The van der Waals surface area contributed by atoms with Gasteiger partial charge in [-0.1, -0.05) is 137 Å². The van der Waals surface area contributed by atoms with E-state index in [0.717, 1.165) is 110 Å². The number of aliphatic hydroxyl groups excluding tert-OH is 1. The van der Waals surface area contributed by atoms with E-state index in [1.54, 1.807) is 6.08 Å². The number of ketones is 1. The van der Waals surface area contributed by atoms with Gasteiger partial charge in [0.2, 0.25) is 0 Å². The van der Waals surface area contributed by atoms with Crippen LogP contribution in [-0.4, -0.2) is 88.4 Å². The summed E-state index contributed by atoms with van der Waals surface area (Å²) in [5, 5.41) is 19.6. The summed E-state index contributed by atoms with van der Waals surface area (Å²) in [6, 6.07) is 0. The van der Waals surface area contributed by atoms with Crippen molar-refractivity contribution in [3.63, 3.8) is 0 Å². The number of fused-ring (bicyclic) bond motifs is 3. The van der Waals surface area contributed by atoms with Crippen LogP contribution in [0.1, 0.15) is 159 Å². The molecular formula is C60H90F9N3O6Si. The first-order chi connectivity index (χ1) is 36.5. The first-order valence-corrected chi connectivity index (χ1v) is 31.0. The van der Waals surface area contributed by atoms with Crippen LogP contribution in [0.2, 0.25) is 18.1 Å². The number of halogens is 9. The molecule has 1 N–H and O–H groups in total. The van der Waals surface area contributed by atoms with E-state index in [1.807, 2.05) is 13.8 Å². The molecule has 0 heterocycles. The van der Waals surface area contributed by atoms with Gasteiger partial charge in [0.15, 0.2) is 25.5 Å². The fourth-order valence-corrected chi connectivity index (χ4v) is 14.8. The number of hydrogen-bond donors (Lipinski definition) is 1. The number of Topliss-reactive ketones (excluding diaryl/α,β-unsaturated/α-hetero) is 1. The van der Waals surface area contributed by atoms with Gasteiger partial charge >= 0.3 is 18.5 Å². The second-order valence-electron chi connectivity index (χ2n) is 24.9. The minimum absolute atomic E-state index is 0.0294. The van der Waals surface area contributed by atoms with Crippen molar-refractivity contribution in [2.45, 2.75) is 207 Å². The van der Waals surface area contributed by atoms with E-state index in [2.05, 4.69) is 110 Å². The third-order valence-electron chi connectivity index (χ3n) is 18.5. The SMILES string of the molecule is CO/N=C(\C=C\C[C@@H](C)C1=CC[C@H]2C(=O)CCC[C@]12C)C(F)(F)F.CO/N=C(\C=C\C[C@@H](C)C1=CC[C@H]2C(O)CCC[C@]12C)C(F)(F)F.CO/N=C(\C=C\C[C@@H](C)C1=CC[C@H]2C(O[Si](C)(C)C(C)(C)C)CCC[C@]12C)C(F)(F)F. The fourth-order valence-electron chi connectivity index (χ4n) is 13.4. The molecule has 3 saturated carbocycles. The summed E-state index contributed by atoms with van der Waals surface area (Å²) in [5.41, 5.74) is 0.676. The quantitative estimate of drug-likeness (QED) is 0.0511. The first kappa shape index (κ1) is 67.5. The van der Waals surface area contributed by atoms with Crippen molar-refractivity contribution in [1.29, 1.82) is 0 Å². The van der Waals surface area contributed by atoms with Gasteiger partial charge in [-0.2, -0.15) is 39.5 Å². The zero-order valence-corrected chi connectivity index (χ0v) is 50.2. The van der Waals surface area contributed by atoms with Gasteiger partial charge in [-0.05, 0) is 166 Å². The smallest absolute Gasteiger partial charge is 0.414 e. The third-order valence-corrected chi connectivity index (χ3v) is 23.0. The number of hydrogen-bond acceptors (Lipinski definition) is 9. The molecule has 0 amide bonds. The number of carbonyl (C=O) groups excluding carboxylic acids is 1. The maximum Gasteiger partial charge on any atom is 0.436 e. The van der Waals surface area contributed by atoms with Gasteiger partial charge in [-0.15, -0.1) is 0 Å². The van der Waals surface area contributed by atoms with Crippen LogP contribution in [0.5, 0.6) is 0 Å². The van der Waals surface area contributed by atoms with Gasteiger partial charge < -0.3 is 24.0 Å². The van der Waals surface area contributed by atoms with Crippen LogP contribution >= 0.6 is 0 Å². The van der Waals surface area contributed by atoms with E-state index in [-0.39, 0.29) is 63.1 Å². The topological polar surface area (TPSA) is 111 Å². The number of oxime groups is 3. The number of rotatable bonds is 17. The Balaban J connectivity index is 0.000000258. The highest BCUT2D eigenvalue weighted by atomic mass is 28.4. The molecule has 0 aromatic carbocycles. The van der Waals surface area contributed by atoms with Gasteiger partial charge in [0, 0.05) is 18.4 Å². The molecule has 0 aliphatic heterocycles. The summed E-state index contributed by atoms with van der Waals surface area (Å²) in [7, 11) is 1.45. The van der Waals surface area contributed by atoms with Crippen LogP contribution in [0.25, 0.3) is 0 Å². The fraction of sp³-hybridized carbons (Fsp3) is 0.733. The van der Waals surface area contributed by atoms with Crippen LogP contribution in [-0.2, 0) is 23.7 Å². The molecule has 11 atom stereocenters. The Morgan fingerprint density at radius 2 is 0.987 bits per heavy atom. The Bertz CT molecular complexity index is 2340. The Labute approximate surface area is 465 Å². The minimum atomic E-state index is -4.53. The number of aliphatic hydroxyl groups is 1. The molecule has 0 saturated heterocycles. The average Bonchev–Trinajstić information content (AvgIpc) is 4.09. The maximum atomic E-state index is 13.0. The summed E-state index contributed by atoms with van der Waals surface area (Å²) >= 11 is 0. The Hall–Kier alpha value is -3.97. The number of allylic oxidation sites excluding steroid dienone is 12. The van der Waals surface area contributed by atoms with Crippen LogP contribution in [0.15, 0.2) is 86.9 Å². The molecule has 19 heteroatoms. The van der Waals surface area contributed by atoms with Crippen molar-refractivity contribution in [3.05, 3.63) is 71.4 Å². The number of nitrogens with zero attached hydrogens (tertiary/aromatic N) is 3. The van der Waals surface area contributed by atoms with Crippen molar-refractivity contribution in [2.24, 2.45) is 67.2 Å². The normalized spacial score (nSPS) is 30.3. The molecule has 0 aromatic rings. The molecule has 0 bridgehead atoms. The highest BCUT2D eigenvalue weighted by Crippen LogP contribution is 2.58. The molecule has 79 heavy (non-hydrogen) atoms. The zero-order valence-electron chi connectivity index (χ0n) is 49.2. The highest BCUT2D eigenvalue weighted by molar-refractivity contribution is 6.74. The standard InChI is InChI=1S/C24H40F3NO2Si.C18H26F3NO2.C18H24F3NO2/c1-17(11-9-13-21(28-29-6)24(25,26)27)18-14-15-19-20(12-10-16-23(18,19)5)30-31(7,8)22(2,3)4;2*1-12(6-4-8-16(22-24-3)18(19,20)21)13-9-10-14-15(23)7-5-11-17(13,14)2/h9,13-14,17,19-20H,10-12,15-16H2,1-8H3;4,8-9,12,14-15,23H,5-7,10-11H2,1-3H3;4,8-9,12,14H,5-7,10-11H2,1-3H3/b13-9+,28-21+;2*8-4+,22-16+/t17-,19+,20?,23-;12-,14+,15?,17-;12-,14+,17-/m111/s1. The summed E-state index contributed by atoms with van der Waals surface area (Å²) in [6.45, 7) is 24.3. The summed E-state index contributed by atoms with van der Waals surface area (Å²) in [6.07, 6.45) is 13.5. The molecule has 2 unspecified atom stereocenters. The highest BCUT2D eigenvalue weighted by Gasteiger charge is 2.52. The van der Waals surface area contributed by atoms with Gasteiger partial charge in [-0.3, -0.25) is 4.79 Å². The largest absolute Gasteiger partial charge is 0.436 e. The first-order valence-electron chi connectivity index (χ1n) is 28.1. The van der Waals surface area contributed by atoms with E-state index >= 15 is 0 Å². The lowest BCUT2D eigenvalue weighted by Crippen LogP contribution is -2.49. The van der Waals surface area contributed by atoms with Crippen LogP contribution < -0.4 is 0 Å². The molecular weight excluding hydrogens is 1060 g/mol. The van der Waals surface area contributed by atoms with Crippen molar-refractivity contribution < 1.29 is 68.4 Å². The van der Waals surface area contributed by atoms with Crippen molar-refractivity contribution in [1.82, 2.24) is 0 Å². The lowest BCUT2D eigenvalue weighted by Gasteiger charge is -2.49. The number of alkyl halides is 9. The van der Waals surface area contributed by atoms with Crippen LogP contribution in [0, 0.1) is 51.8 Å². The molecule has 9 nitrogen and oxygen atoms in total. The summed E-state index contributed by atoms with van der Waals surface area (Å²) < 4.78 is 122. The number of carbonyl (C=O) groups is 1. The predicted octanol–water partition coefficient (Wildman–Crippen LogP) is 17.1. The Kier molecular flexibility index (Phi) is 23.4. The van der Waals surface area contributed by atoms with E-state index in [4.69, 9.17) is 4.43 Å². The van der Waals surface area contributed by atoms with Gasteiger partial charge in [-0.25, -0.2) is 0 Å². The Morgan fingerprint density at radius 3 is 1.39 bits per heavy atom. The molecule has 0 radical (unpaired) electrons. The monoisotopic (exact) mass is 1150 g/mol. The maximum absolute atomic E-state index is 13.0. The van der Waals surface area contributed by atoms with E-state index < -0.39 is 44.0 Å². The van der Waals surface area contributed by atoms with E-state index in [0.29, 0.717) is 37.4 Å². The molecule has 3 fully saturated rings.